The second-order valence-corrected chi connectivity index (χ2v) is 7.52. The van der Waals surface area contributed by atoms with E-state index in [2.05, 4.69) is 32.7 Å². The molecular formula is C21H34N4O2. The normalized spacial score (nSPS) is 20.0. The molecule has 2 N–H and O–H groups in total. The predicted octanol–water partition coefficient (Wildman–Crippen LogP) is 2.50. The average molecular weight is 375 g/mol. The molecule has 0 aromatic heterocycles. The highest BCUT2D eigenvalue weighted by molar-refractivity contribution is 5.79. The van der Waals surface area contributed by atoms with E-state index < -0.39 is 0 Å². The van der Waals surface area contributed by atoms with E-state index in [9.17, 15) is 0 Å². The molecule has 2 fully saturated rings. The highest BCUT2D eigenvalue weighted by Crippen LogP contribution is 2.31. The minimum Gasteiger partial charge on any atom is -0.495 e. The number of para-hydroxylation sites is 2. The van der Waals surface area contributed by atoms with Gasteiger partial charge in [0.2, 0.25) is 0 Å². The third-order valence-corrected chi connectivity index (χ3v) is 5.30. The van der Waals surface area contributed by atoms with Crippen molar-refractivity contribution in [2.75, 3.05) is 58.5 Å². The number of nitrogens with one attached hydrogen (secondary N) is 2. The molecule has 1 heterocycles. The molecule has 0 spiro atoms. The van der Waals surface area contributed by atoms with E-state index in [-0.39, 0.29) is 0 Å². The average Bonchev–Trinajstić information content (AvgIpc) is 3.42. The van der Waals surface area contributed by atoms with Crippen molar-refractivity contribution in [3.63, 3.8) is 0 Å². The van der Waals surface area contributed by atoms with Crippen molar-refractivity contribution in [1.82, 2.24) is 10.6 Å². The van der Waals surface area contributed by atoms with Crippen molar-refractivity contribution in [3.8, 4) is 5.75 Å². The zero-order valence-corrected chi connectivity index (χ0v) is 16.7. The number of rotatable bonds is 10. The molecule has 1 aromatic carbocycles. The van der Waals surface area contributed by atoms with Crippen LogP contribution in [0.3, 0.4) is 0 Å². The zero-order chi connectivity index (χ0) is 18.9. The molecule has 6 nitrogen and oxygen atoms in total. The van der Waals surface area contributed by atoms with Crippen LogP contribution in [0.2, 0.25) is 0 Å². The Morgan fingerprint density at radius 3 is 2.81 bits per heavy atom. The van der Waals surface area contributed by atoms with Crippen LogP contribution in [-0.4, -0.2) is 59.5 Å². The van der Waals surface area contributed by atoms with Gasteiger partial charge in [-0.25, -0.2) is 0 Å². The quantitative estimate of drug-likeness (QED) is 0.374. The number of guanidine groups is 1. The number of anilines is 1. The van der Waals surface area contributed by atoms with Gasteiger partial charge in [-0.05, 0) is 49.7 Å². The lowest BCUT2D eigenvalue weighted by Gasteiger charge is -2.21. The molecule has 2 aliphatic rings. The predicted molar refractivity (Wildman–Crippen MR) is 111 cm³/mol. The Bertz CT molecular complexity index is 604. The Morgan fingerprint density at radius 2 is 2.04 bits per heavy atom. The minimum absolute atomic E-state index is 0.607. The van der Waals surface area contributed by atoms with E-state index in [0.717, 1.165) is 63.4 Å². The summed E-state index contributed by atoms with van der Waals surface area (Å²) >= 11 is 0. The van der Waals surface area contributed by atoms with E-state index in [4.69, 9.17) is 9.47 Å². The Balaban J connectivity index is 1.32. The SMILES string of the molecule is CN=C(NCCCOCC1CC1)NCC1CCN(c2ccccc2OC)C1. The van der Waals surface area contributed by atoms with Crippen LogP contribution in [0.4, 0.5) is 5.69 Å². The van der Waals surface area contributed by atoms with Crippen LogP contribution in [0.15, 0.2) is 29.3 Å². The van der Waals surface area contributed by atoms with Crippen molar-refractivity contribution in [2.45, 2.75) is 25.7 Å². The van der Waals surface area contributed by atoms with E-state index in [1.54, 1.807) is 7.11 Å². The molecule has 1 saturated heterocycles. The van der Waals surface area contributed by atoms with Gasteiger partial charge in [-0.1, -0.05) is 12.1 Å². The summed E-state index contributed by atoms with van der Waals surface area (Å²) in [5, 5.41) is 6.85. The molecule has 1 saturated carbocycles. The first-order chi connectivity index (χ1) is 13.3. The Kier molecular flexibility index (Phi) is 7.63. The van der Waals surface area contributed by atoms with Crippen LogP contribution < -0.4 is 20.3 Å². The summed E-state index contributed by atoms with van der Waals surface area (Å²) < 4.78 is 11.2. The zero-order valence-electron chi connectivity index (χ0n) is 16.7. The fourth-order valence-electron chi connectivity index (χ4n) is 3.49. The molecule has 1 unspecified atom stereocenters. The summed E-state index contributed by atoms with van der Waals surface area (Å²) in [4.78, 5) is 6.74. The topological polar surface area (TPSA) is 58.1 Å². The van der Waals surface area contributed by atoms with E-state index in [1.807, 2.05) is 19.2 Å². The first-order valence-electron chi connectivity index (χ1n) is 10.2. The first-order valence-corrected chi connectivity index (χ1v) is 10.2. The Labute approximate surface area is 163 Å². The number of benzene rings is 1. The van der Waals surface area contributed by atoms with Gasteiger partial charge in [-0.15, -0.1) is 0 Å². The highest BCUT2D eigenvalue weighted by Gasteiger charge is 2.24. The van der Waals surface area contributed by atoms with Gasteiger partial charge < -0.3 is 25.0 Å². The monoisotopic (exact) mass is 374 g/mol. The maximum atomic E-state index is 5.67. The lowest BCUT2D eigenvalue weighted by atomic mass is 10.1. The van der Waals surface area contributed by atoms with Crippen LogP contribution in [0.1, 0.15) is 25.7 Å². The summed E-state index contributed by atoms with van der Waals surface area (Å²) in [6, 6.07) is 8.26. The van der Waals surface area contributed by atoms with Crippen LogP contribution in [0.5, 0.6) is 5.75 Å². The van der Waals surface area contributed by atoms with Crippen LogP contribution >= 0.6 is 0 Å². The molecule has 6 heteroatoms. The lowest BCUT2D eigenvalue weighted by Crippen LogP contribution is -2.40. The summed E-state index contributed by atoms with van der Waals surface area (Å²) in [6.07, 6.45) is 4.89. The molecule has 1 aromatic rings. The van der Waals surface area contributed by atoms with Crippen molar-refractivity contribution in [1.29, 1.82) is 0 Å². The minimum atomic E-state index is 0.607. The van der Waals surface area contributed by atoms with Crippen molar-refractivity contribution < 1.29 is 9.47 Å². The summed E-state index contributed by atoms with van der Waals surface area (Å²) in [7, 11) is 3.56. The summed E-state index contributed by atoms with van der Waals surface area (Å²) in [5.41, 5.74) is 1.19. The maximum Gasteiger partial charge on any atom is 0.190 e. The van der Waals surface area contributed by atoms with Crippen LogP contribution in [0, 0.1) is 11.8 Å². The van der Waals surface area contributed by atoms with E-state index in [1.165, 1.54) is 24.9 Å². The van der Waals surface area contributed by atoms with Crippen molar-refractivity contribution >= 4 is 11.6 Å². The van der Waals surface area contributed by atoms with Gasteiger partial charge >= 0.3 is 0 Å². The number of ether oxygens (including phenoxy) is 2. The fourth-order valence-corrected chi connectivity index (χ4v) is 3.49. The van der Waals surface area contributed by atoms with Crippen LogP contribution in [0.25, 0.3) is 0 Å². The van der Waals surface area contributed by atoms with Crippen molar-refractivity contribution in [3.05, 3.63) is 24.3 Å². The molecule has 0 bridgehead atoms. The second kappa shape index (κ2) is 10.4. The standard InChI is InChI=1S/C21H34N4O2/c1-22-21(23-11-5-13-27-16-17-8-9-17)24-14-18-10-12-25(15-18)19-6-3-4-7-20(19)26-2/h3-4,6-7,17-18H,5,8-16H2,1-2H3,(H2,22,23,24). The van der Waals surface area contributed by atoms with E-state index in [0.29, 0.717) is 5.92 Å². The number of nitrogens with zero attached hydrogens (tertiary/aromatic N) is 2. The van der Waals surface area contributed by atoms with Gasteiger partial charge in [0, 0.05) is 46.4 Å². The smallest absolute Gasteiger partial charge is 0.190 e. The molecule has 150 valence electrons. The van der Waals surface area contributed by atoms with Gasteiger partial charge in [-0.3, -0.25) is 4.99 Å². The number of methoxy groups -OCH3 is 1. The Morgan fingerprint density at radius 1 is 1.19 bits per heavy atom. The lowest BCUT2D eigenvalue weighted by molar-refractivity contribution is 0.123. The van der Waals surface area contributed by atoms with Gasteiger partial charge in [0.15, 0.2) is 5.96 Å². The second-order valence-electron chi connectivity index (χ2n) is 7.52. The molecule has 3 rings (SSSR count). The number of hydrogen-bond acceptors (Lipinski definition) is 4. The Hall–Kier alpha value is -1.95. The fraction of sp³-hybridized carbons (Fsp3) is 0.667. The number of aliphatic imine (C=N–C) groups is 1. The molecule has 0 radical (unpaired) electrons. The molecule has 1 atom stereocenters. The highest BCUT2D eigenvalue weighted by atomic mass is 16.5. The molecule has 27 heavy (non-hydrogen) atoms. The molecular weight excluding hydrogens is 340 g/mol. The van der Waals surface area contributed by atoms with Gasteiger partial charge in [0.25, 0.3) is 0 Å². The largest absolute Gasteiger partial charge is 0.495 e. The van der Waals surface area contributed by atoms with Crippen LogP contribution in [-0.2, 0) is 4.74 Å². The van der Waals surface area contributed by atoms with Gasteiger partial charge in [-0.2, -0.15) is 0 Å². The third-order valence-electron chi connectivity index (χ3n) is 5.30. The van der Waals surface area contributed by atoms with Crippen molar-refractivity contribution in [2.24, 2.45) is 16.8 Å². The molecule has 0 amide bonds. The van der Waals surface area contributed by atoms with Gasteiger partial charge in [0.05, 0.1) is 12.8 Å². The molecule has 1 aliphatic heterocycles. The summed E-state index contributed by atoms with van der Waals surface area (Å²) in [6.45, 7) is 5.71. The first kappa shape index (κ1) is 19.8. The van der Waals surface area contributed by atoms with E-state index >= 15 is 0 Å². The molecule has 1 aliphatic carbocycles. The number of hydrogen-bond donors (Lipinski definition) is 2. The van der Waals surface area contributed by atoms with Gasteiger partial charge in [0.1, 0.15) is 5.75 Å². The maximum absolute atomic E-state index is 5.67. The summed E-state index contributed by atoms with van der Waals surface area (Å²) in [5.74, 6) is 3.28. The third kappa shape index (κ3) is 6.31.